The Labute approximate surface area is 59.2 Å². The smallest absolute Gasteiger partial charge is 1.00 e. The van der Waals surface area contributed by atoms with Crippen molar-refractivity contribution in [3.8, 4) is 0 Å². The van der Waals surface area contributed by atoms with Crippen molar-refractivity contribution in [2.45, 2.75) is 5.71 Å². The Balaban J connectivity index is -0.0000000450. The third-order valence-corrected chi connectivity index (χ3v) is 0. The van der Waals surface area contributed by atoms with E-state index >= 15 is 0 Å². The molecule has 0 radical (unpaired) electrons. The van der Waals surface area contributed by atoms with E-state index in [1.54, 1.807) is 0 Å². The Hall–Kier alpha value is 1.32. The summed E-state index contributed by atoms with van der Waals surface area (Å²) in [6.07, 6.45) is 0. The predicted octanol–water partition coefficient (Wildman–Crippen LogP) is -3.62. The summed E-state index contributed by atoms with van der Waals surface area (Å²) in [5, 5.41) is 0. The van der Waals surface area contributed by atoms with Gasteiger partial charge in [-0.3, -0.25) is 0 Å². The molecule has 5 heavy (non-hydrogen) atoms. The molecule has 0 spiro atoms. The van der Waals surface area contributed by atoms with Crippen LogP contribution in [0.15, 0.2) is 0 Å². The van der Waals surface area contributed by atoms with E-state index in [4.69, 9.17) is 4.10 Å². The summed E-state index contributed by atoms with van der Waals surface area (Å²) < 4.78 is 16.9. The van der Waals surface area contributed by atoms with Gasteiger partial charge in [0.2, 0.25) is 0 Å². The van der Waals surface area contributed by atoms with E-state index in [0.717, 1.165) is 0 Å². The minimum absolute atomic E-state index is 0. The van der Waals surface area contributed by atoms with E-state index in [2.05, 4.69) is 0 Å². The summed E-state index contributed by atoms with van der Waals surface area (Å²) in [4.78, 5) is 0. The van der Waals surface area contributed by atoms with Gasteiger partial charge in [-0.1, -0.05) is 0 Å². The number of hydrogen-bond acceptors (Lipinski definition) is 1. The average Bonchev–Trinajstić information content (AvgIpc) is 0.811. The van der Waals surface area contributed by atoms with Crippen molar-refractivity contribution in [2.24, 2.45) is 0 Å². The monoisotopic (exact) mass is 148 g/mol. The van der Waals surface area contributed by atoms with Crippen LogP contribution in [0.25, 0.3) is 0 Å². The Kier molecular flexibility index (Phi) is 10.2. The maximum absolute atomic E-state index is 9.25. The molecule has 0 heterocycles. The maximum Gasteiger partial charge on any atom is 1.00 e. The fourth-order valence-electron chi connectivity index (χ4n) is 0. The van der Waals surface area contributed by atoms with Crippen LogP contribution in [0.1, 0.15) is 1.43 Å². The topological polar surface area (TPSA) is 37.3 Å². The van der Waals surface area contributed by atoms with Crippen molar-refractivity contribution in [2.75, 3.05) is 0 Å². The van der Waals surface area contributed by atoms with Crippen LogP contribution in [0.4, 0.5) is 0 Å². The summed E-state index contributed by atoms with van der Waals surface area (Å²) in [6, 6.07) is 0. The molecule has 0 aromatic carbocycles. The first-order valence-electron chi connectivity index (χ1n) is 0.928. The van der Waals surface area contributed by atoms with Gasteiger partial charge in [0.05, 0.1) is 0 Å². The summed E-state index contributed by atoms with van der Waals surface area (Å²) >= 11 is -2.58. The van der Waals surface area contributed by atoms with Gasteiger partial charge in [-0.05, 0) is 0 Å². The quantitative estimate of drug-likeness (QED) is 0.360. The summed E-state index contributed by atoms with van der Waals surface area (Å²) in [6.45, 7) is 0. The van der Waals surface area contributed by atoms with Crippen LogP contribution in [-0.2, 0) is 3.74 Å². The van der Waals surface area contributed by atoms with Crippen LogP contribution in [0.3, 0.4) is 0 Å². The van der Waals surface area contributed by atoms with Crippen LogP contribution < -0.4 is 29.6 Å². The van der Waals surface area contributed by atoms with Crippen molar-refractivity contribution >= 4 is 14.9 Å². The molecular formula is CH6AsNaO2. The summed E-state index contributed by atoms with van der Waals surface area (Å²) in [5.74, 6) is 0. The van der Waals surface area contributed by atoms with Crippen molar-refractivity contribution < 1.29 is 38.8 Å². The Bertz CT molecular complexity index is 36.5. The molecule has 4 heteroatoms. The molecule has 28 valence electrons. The van der Waals surface area contributed by atoms with Gasteiger partial charge in [0, 0.05) is 0 Å². The Morgan fingerprint density at radius 3 is 2.00 bits per heavy atom. The maximum atomic E-state index is 9.25. The summed E-state index contributed by atoms with van der Waals surface area (Å²) in [5.41, 5.74) is 1.33. The number of rotatable bonds is 0. The fourth-order valence-corrected chi connectivity index (χ4v) is 0. The fraction of sp³-hybridized carbons (Fsp3) is 1.00. The molecule has 2 nitrogen and oxygen atoms in total. The zero-order chi connectivity index (χ0) is 3.58. The molecule has 0 amide bonds. The van der Waals surface area contributed by atoms with Gasteiger partial charge < -0.3 is 1.43 Å². The second kappa shape index (κ2) is 5.32. The Morgan fingerprint density at radius 2 is 2.00 bits per heavy atom. The minimum Gasteiger partial charge on any atom is -1.00 e. The molecule has 0 aliphatic heterocycles. The second-order valence-corrected chi connectivity index (χ2v) is 2.70. The molecular weight excluding hydrogens is 142 g/mol. The van der Waals surface area contributed by atoms with Crippen LogP contribution in [0, 0.1) is 0 Å². The second-order valence-electron chi connectivity index (χ2n) is 0.519. The third-order valence-electron chi connectivity index (χ3n) is 0. The molecule has 1 N–H and O–H groups in total. The molecule has 0 aliphatic carbocycles. The molecule has 0 rings (SSSR count). The van der Waals surface area contributed by atoms with E-state index in [0.29, 0.717) is 0 Å². The SMILES string of the molecule is C[AsH](=O)O.[H-].[Na+]. The van der Waals surface area contributed by atoms with Gasteiger partial charge >= 0.3 is 58.0 Å². The molecule has 0 saturated carbocycles. The molecule has 1 atom stereocenters. The van der Waals surface area contributed by atoms with Gasteiger partial charge in [-0.25, -0.2) is 0 Å². The van der Waals surface area contributed by atoms with Gasteiger partial charge in [0.25, 0.3) is 0 Å². The molecule has 0 aromatic heterocycles. The van der Waals surface area contributed by atoms with Crippen molar-refractivity contribution in [1.29, 1.82) is 0 Å². The molecule has 0 aliphatic rings. The van der Waals surface area contributed by atoms with E-state index in [1.165, 1.54) is 5.71 Å². The molecule has 1 unspecified atom stereocenters. The first-order valence-corrected chi connectivity index (χ1v) is 4.82. The molecule has 0 fully saturated rings. The summed E-state index contributed by atoms with van der Waals surface area (Å²) in [7, 11) is 0. The first-order chi connectivity index (χ1) is 1.73. The zero-order valence-electron chi connectivity index (χ0n) is 4.36. The standard InChI is InChI=1S/CH5AsO2.Na.H/c1-2(3)4;;/h2H,1H3,(H,3,4);;/q;+1;-1. The minimum atomic E-state index is -2.58. The van der Waals surface area contributed by atoms with Crippen LogP contribution in [-0.4, -0.2) is 19.0 Å². The largest absolute Gasteiger partial charge is 1.00 e. The van der Waals surface area contributed by atoms with Gasteiger partial charge in [0.15, 0.2) is 0 Å². The normalized spacial score (nSPS) is 12.4. The molecule has 0 bridgehead atoms. The average molecular weight is 148 g/mol. The van der Waals surface area contributed by atoms with Crippen LogP contribution >= 0.6 is 0 Å². The van der Waals surface area contributed by atoms with Crippen molar-refractivity contribution in [3.63, 3.8) is 0 Å². The Morgan fingerprint density at radius 1 is 2.00 bits per heavy atom. The number of hydrogen-bond donors (Lipinski definition) is 1. The first kappa shape index (κ1) is 9.58. The van der Waals surface area contributed by atoms with Gasteiger partial charge in [-0.2, -0.15) is 0 Å². The van der Waals surface area contributed by atoms with E-state index in [9.17, 15) is 3.74 Å². The van der Waals surface area contributed by atoms with E-state index in [1.807, 2.05) is 0 Å². The van der Waals surface area contributed by atoms with Crippen molar-refractivity contribution in [1.82, 2.24) is 0 Å². The van der Waals surface area contributed by atoms with E-state index in [-0.39, 0.29) is 31.0 Å². The predicted molar refractivity (Wildman–Crippen MR) is 17.0 cm³/mol. The molecule has 0 aromatic rings. The zero-order valence-corrected chi connectivity index (χ0v) is 7.45. The third kappa shape index (κ3) is 33.7. The van der Waals surface area contributed by atoms with Gasteiger partial charge in [-0.15, -0.1) is 0 Å². The van der Waals surface area contributed by atoms with Gasteiger partial charge in [0.1, 0.15) is 0 Å². The van der Waals surface area contributed by atoms with Crippen LogP contribution in [0.2, 0.25) is 5.71 Å². The van der Waals surface area contributed by atoms with E-state index < -0.39 is 14.9 Å². The van der Waals surface area contributed by atoms with Crippen molar-refractivity contribution in [3.05, 3.63) is 0 Å². The molecule has 0 saturated heterocycles. The van der Waals surface area contributed by atoms with Crippen LogP contribution in [0.5, 0.6) is 0 Å².